The third kappa shape index (κ3) is 1.97. The summed E-state index contributed by atoms with van der Waals surface area (Å²) in [6.45, 7) is 0. The van der Waals surface area contributed by atoms with Gasteiger partial charge in [0.05, 0.1) is 5.56 Å². The highest BCUT2D eigenvalue weighted by Gasteiger charge is 2.57. The minimum Gasteiger partial charge on any atom is -0.345 e. The van der Waals surface area contributed by atoms with Gasteiger partial charge in [0.25, 0.3) is 5.91 Å². The minimum atomic E-state index is -0.122. The van der Waals surface area contributed by atoms with Crippen LogP contribution in [-0.4, -0.2) is 26.0 Å². The average molecular weight is 339 g/mol. The number of fused-ring (bicyclic) bond motifs is 1. The first kappa shape index (κ1) is 14.0. The molecule has 2 heterocycles. The number of amides is 1. The number of rotatable bonds is 3. The lowest BCUT2D eigenvalue weighted by molar-refractivity contribution is -0.0439. The van der Waals surface area contributed by atoms with E-state index in [0.29, 0.717) is 16.4 Å². The average Bonchev–Trinajstić information content (AvgIpc) is 2.90. The van der Waals surface area contributed by atoms with Crippen molar-refractivity contribution in [3.8, 4) is 11.1 Å². The first-order valence-corrected chi connectivity index (χ1v) is 8.43. The highest BCUT2D eigenvalue weighted by molar-refractivity contribution is 6.30. The Morgan fingerprint density at radius 2 is 2.00 bits per heavy atom. The van der Waals surface area contributed by atoms with E-state index in [1.807, 2.05) is 24.3 Å². The molecule has 24 heavy (non-hydrogen) atoms. The van der Waals surface area contributed by atoms with Crippen molar-refractivity contribution in [3.63, 3.8) is 0 Å². The highest BCUT2D eigenvalue weighted by atomic mass is 35.5. The number of halogens is 1. The summed E-state index contributed by atoms with van der Waals surface area (Å²) in [4.78, 5) is 17.3. The summed E-state index contributed by atoms with van der Waals surface area (Å²) in [5, 5.41) is 8.32. The van der Waals surface area contributed by atoms with Gasteiger partial charge in [0.1, 0.15) is 0 Å². The first-order chi connectivity index (χ1) is 11.6. The van der Waals surface area contributed by atoms with Crippen molar-refractivity contribution in [1.82, 2.24) is 19.9 Å². The van der Waals surface area contributed by atoms with Gasteiger partial charge in [-0.3, -0.25) is 4.79 Å². The van der Waals surface area contributed by atoms with E-state index < -0.39 is 0 Å². The van der Waals surface area contributed by atoms with Gasteiger partial charge in [-0.2, -0.15) is 5.10 Å². The maximum atomic E-state index is 12.9. The van der Waals surface area contributed by atoms with Crippen LogP contribution in [0.1, 0.15) is 29.8 Å². The third-order valence-electron chi connectivity index (χ3n) is 5.16. The van der Waals surface area contributed by atoms with Crippen LogP contribution in [0.25, 0.3) is 16.8 Å². The number of benzene rings is 1. The summed E-state index contributed by atoms with van der Waals surface area (Å²) in [5.74, 6) is 0.687. The predicted octanol–water partition coefficient (Wildman–Crippen LogP) is 3.33. The molecule has 6 heteroatoms. The monoisotopic (exact) mass is 338 g/mol. The topological polar surface area (TPSA) is 59.3 Å². The van der Waals surface area contributed by atoms with Gasteiger partial charge in [-0.15, -0.1) is 0 Å². The molecule has 1 aromatic carbocycles. The van der Waals surface area contributed by atoms with E-state index in [9.17, 15) is 4.79 Å². The molecule has 3 aliphatic carbocycles. The second-order valence-corrected chi connectivity index (χ2v) is 7.27. The fourth-order valence-electron chi connectivity index (χ4n) is 3.86. The zero-order valence-corrected chi connectivity index (χ0v) is 13.6. The zero-order valence-electron chi connectivity index (χ0n) is 12.9. The van der Waals surface area contributed by atoms with E-state index in [0.717, 1.165) is 36.3 Å². The van der Waals surface area contributed by atoms with Crippen molar-refractivity contribution >= 4 is 23.2 Å². The van der Waals surface area contributed by atoms with Crippen LogP contribution in [0, 0.1) is 5.92 Å². The predicted molar refractivity (Wildman–Crippen MR) is 91.0 cm³/mol. The zero-order chi connectivity index (χ0) is 16.3. The quantitative estimate of drug-likeness (QED) is 0.797. The maximum absolute atomic E-state index is 12.9. The summed E-state index contributed by atoms with van der Waals surface area (Å²) >= 11 is 6.00. The summed E-state index contributed by atoms with van der Waals surface area (Å²) in [6, 6.07) is 9.21. The molecule has 2 aromatic heterocycles. The molecular weight excluding hydrogens is 324 g/mol. The molecule has 1 N–H and O–H groups in total. The molecule has 0 atom stereocenters. The Hall–Kier alpha value is -2.40. The molecule has 3 aromatic rings. The molecule has 0 saturated heterocycles. The number of carbonyl (C=O) groups is 1. The third-order valence-corrected chi connectivity index (χ3v) is 5.41. The maximum Gasteiger partial charge on any atom is 0.272 e. The number of hydrogen-bond acceptors (Lipinski definition) is 3. The molecule has 0 unspecified atom stereocenters. The van der Waals surface area contributed by atoms with Gasteiger partial charge in [-0.1, -0.05) is 23.7 Å². The van der Waals surface area contributed by atoms with Gasteiger partial charge in [-0.05, 0) is 48.9 Å². The SMILES string of the molecule is O=C(NC12CC(C1)C2)c1nn2cccnc2c1-c1ccc(Cl)cc1. The molecule has 6 rings (SSSR count). The van der Waals surface area contributed by atoms with Gasteiger partial charge in [0.15, 0.2) is 11.3 Å². The van der Waals surface area contributed by atoms with Crippen LogP contribution in [-0.2, 0) is 0 Å². The van der Waals surface area contributed by atoms with Crippen LogP contribution in [0.3, 0.4) is 0 Å². The normalized spacial score (nSPS) is 24.3. The Morgan fingerprint density at radius 1 is 1.25 bits per heavy atom. The lowest BCUT2D eigenvalue weighted by Gasteiger charge is -2.61. The van der Waals surface area contributed by atoms with Crippen molar-refractivity contribution in [3.05, 3.63) is 53.4 Å². The molecule has 1 amide bonds. The Kier molecular flexibility index (Phi) is 2.80. The number of hydrogen-bond donors (Lipinski definition) is 1. The largest absolute Gasteiger partial charge is 0.345 e. The molecule has 5 nitrogen and oxygen atoms in total. The van der Waals surface area contributed by atoms with Crippen LogP contribution in [0.15, 0.2) is 42.7 Å². The van der Waals surface area contributed by atoms with Crippen LogP contribution in [0.2, 0.25) is 5.02 Å². The molecule has 120 valence electrons. The fourth-order valence-corrected chi connectivity index (χ4v) is 3.99. The highest BCUT2D eigenvalue weighted by Crippen LogP contribution is 2.57. The second-order valence-electron chi connectivity index (χ2n) is 6.83. The summed E-state index contributed by atoms with van der Waals surface area (Å²) in [6.07, 6.45) is 6.81. The van der Waals surface area contributed by atoms with E-state index in [4.69, 9.17) is 11.6 Å². The van der Waals surface area contributed by atoms with Crippen molar-refractivity contribution in [2.24, 2.45) is 5.92 Å². The van der Waals surface area contributed by atoms with Gasteiger partial charge < -0.3 is 5.32 Å². The van der Waals surface area contributed by atoms with E-state index in [-0.39, 0.29) is 11.4 Å². The smallest absolute Gasteiger partial charge is 0.272 e. The van der Waals surface area contributed by atoms with Crippen molar-refractivity contribution in [1.29, 1.82) is 0 Å². The fraction of sp³-hybridized carbons (Fsp3) is 0.278. The summed E-state index contributed by atoms with van der Waals surface area (Å²) < 4.78 is 1.65. The molecule has 0 aliphatic heterocycles. The molecule has 0 radical (unpaired) electrons. The van der Waals surface area contributed by atoms with Crippen LogP contribution >= 0.6 is 11.6 Å². The Balaban J connectivity index is 1.62. The molecular formula is C18H15ClN4O. The van der Waals surface area contributed by atoms with Gasteiger partial charge >= 0.3 is 0 Å². The molecule has 3 fully saturated rings. The van der Waals surface area contributed by atoms with E-state index in [1.165, 1.54) is 0 Å². The number of nitrogens with zero attached hydrogens (tertiary/aromatic N) is 3. The molecule has 3 aliphatic rings. The van der Waals surface area contributed by atoms with E-state index in [1.54, 1.807) is 23.0 Å². The molecule has 3 saturated carbocycles. The minimum absolute atomic E-state index is 0.0161. The van der Waals surface area contributed by atoms with Gasteiger partial charge in [0.2, 0.25) is 0 Å². The van der Waals surface area contributed by atoms with Gasteiger partial charge in [0, 0.05) is 23.0 Å². The van der Waals surface area contributed by atoms with Crippen LogP contribution in [0.5, 0.6) is 0 Å². The standard InChI is InChI=1S/C18H15ClN4O/c19-13-4-2-12(3-5-13)14-15(22-23-7-1-6-20-16(14)23)17(24)21-18-8-11(9-18)10-18/h1-7,11H,8-10H2,(H,21,24). The van der Waals surface area contributed by atoms with Crippen molar-refractivity contribution < 1.29 is 4.79 Å². The number of nitrogens with one attached hydrogen (secondary N) is 1. The number of aromatic nitrogens is 3. The van der Waals surface area contributed by atoms with Crippen molar-refractivity contribution in [2.75, 3.05) is 0 Å². The van der Waals surface area contributed by atoms with Crippen molar-refractivity contribution in [2.45, 2.75) is 24.8 Å². The van der Waals surface area contributed by atoms with E-state index in [2.05, 4.69) is 15.4 Å². The summed E-state index contributed by atoms with van der Waals surface area (Å²) in [7, 11) is 0. The Labute approximate surface area is 143 Å². The molecule has 2 bridgehead atoms. The second kappa shape index (κ2) is 4.80. The first-order valence-electron chi connectivity index (χ1n) is 8.05. The van der Waals surface area contributed by atoms with Crippen LogP contribution < -0.4 is 5.32 Å². The Morgan fingerprint density at radius 3 is 2.67 bits per heavy atom. The molecule has 0 spiro atoms. The Bertz CT molecular complexity index is 946. The van der Waals surface area contributed by atoms with E-state index >= 15 is 0 Å². The number of carbonyl (C=O) groups excluding carboxylic acids is 1. The lowest BCUT2D eigenvalue weighted by atomic mass is 9.50. The van der Waals surface area contributed by atoms with Crippen LogP contribution in [0.4, 0.5) is 0 Å². The lowest BCUT2D eigenvalue weighted by Crippen LogP contribution is -2.68. The van der Waals surface area contributed by atoms with Gasteiger partial charge in [-0.25, -0.2) is 9.50 Å². The summed E-state index contributed by atoms with van der Waals surface area (Å²) in [5.41, 5.74) is 2.73.